The quantitative estimate of drug-likeness (QED) is 0.709. The van der Waals surface area contributed by atoms with Crippen LogP contribution in [0.15, 0.2) is 54.6 Å². The van der Waals surface area contributed by atoms with E-state index in [9.17, 15) is 0 Å². The number of nitrogens with two attached hydrogens (primary N) is 1. The number of pyridine rings is 1. The van der Waals surface area contributed by atoms with Gasteiger partial charge in [0.2, 0.25) is 0 Å². The number of benzene rings is 2. The summed E-state index contributed by atoms with van der Waals surface area (Å²) in [5.41, 5.74) is 9.38. The predicted octanol–water partition coefficient (Wildman–Crippen LogP) is 4.14. The maximum Gasteiger partial charge on any atom is 0.0916 e. The Morgan fingerprint density at radius 2 is 1.72 bits per heavy atom. The normalized spacial score (nSPS) is 10.7. The number of nitrogen functional groups attached to an aromatic ring is 1. The number of halogens is 1. The summed E-state index contributed by atoms with van der Waals surface area (Å²) in [6.07, 6.45) is 0. The average Bonchev–Trinajstić information content (AvgIpc) is 2.41. The third-order valence-electron chi connectivity index (χ3n) is 2.89. The second-order valence-electron chi connectivity index (χ2n) is 4.10. The molecule has 0 saturated carbocycles. The van der Waals surface area contributed by atoms with Crippen molar-refractivity contribution < 1.29 is 0 Å². The van der Waals surface area contributed by atoms with Crippen LogP contribution in [0.5, 0.6) is 0 Å². The number of para-hydroxylation sites is 1. The molecule has 1 heterocycles. The summed E-state index contributed by atoms with van der Waals surface area (Å²) >= 11 is 6.17. The Labute approximate surface area is 110 Å². The fourth-order valence-corrected chi connectivity index (χ4v) is 2.21. The summed E-state index contributed by atoms with van der Waals surface area (Å²) in [6.45, 7) is 0. The molecule has 0 spiro atoms. The second-order valence-corrected chi connectivity index (χ2v) is 4.51. The molecule has 0 unspecified atom stereocenters. The third-order valence-corrected chi connectivity index (χ3v) is 3.20. The van der Waals surface area contributed by atoms with Crippen molar-refractivity contribution in [1.82, 2.24) is 4.98 Å². The highest BCUT2D eigenvalue weighted by Gasteiger charge is 2.07. The zero-order chi connectivity index (χ0) is 12.5. The smallest absolute Gasteiger partial charge is 0.0916 e. The second kappa shape index (κ2) is 4.31. The molecule has 0 aliphatic carbocycles. The van der Waals surface area contributed by atoms with E-state index in [1.165, 1.54) is 0 Å². The molecule has 1 aromatic heterocycles. The average molecular weight is 255 g/mol. The molecule has 2 nitrogen and oxygen atoms in total. The summed E-state index contributed by atoms with van der Waals surface area (Å²) < 4.78 is 0. The molecule has 0 aliphatic heterocycles. The Kier molecular flexibility index (Phi) is 2.65. The number of rotatable bonds is 1. The van der Waals surface area contributed by atoms with Crippen LogP contribution in [-0.2, 0) is 0 Å². The minimum absolute atomic E-state index is 0.622. The van der Waals surface area contributed by atoms with Crippen LogP contribution in [0.3, 0.4) is 0 Å². The minimum atomic E-state index is 0.622. The van der Waals surface area contributed by atoms with Gasteiger partial charge in [-0.05, 0) is 12.1 Å². The number of hydrogen-bond acceptors (Lipinski definition) is 2. The first-order chi connectivity index (χ1) is 8.75. The number of hydrogen-bond donors (Lipinski definition) is 1. The molecule has 0 bridgehead atoms. The molecule has 0 atom stereocenters. The van der Waals surface area contributed by atoms with E-state index in [1.54, 1.807) is 0 Å². The van der Waals surface area contributed by atoms with Crippen molar-refractivity contribution in [3.8, 4) is 11.3 Å². The van der Waals surface area contributed by atoms with Crippen LogP contribution in [0.4, 0.5) is 5.69 Å². The van der Waals surface area contributed by atoms with Crippen molar-refractivity contribution in [2.45, 2.75) is 0 Å². The van der Waals surface area contributed by atoms with Crippen LogP contribution in [0.1, 0.15) is 0 Å². The highest BCUT2D eigenvalue weighted by molar-refractivity contribution is 6.35. The van der Waals surface area contributed by atoms with Crippen LogP contribution in [0.2, 0.25) is 5.02 Å². The number of anilines is 1. The topological polar surface area (TPSA) is 38.9 Å². The predicted molar refractivity (Wildman–Crippen MR) is 76.6 cm³/mol. The Morgan fingerprint density at radius 3 is 2.50 bits per heavy atom. The molecule has 3 heteroatoms. The number of fused-ring (bicyclic) bond motifs is 1. The van der Waals surface area contributed by atoms with Gasteiger partial charge >= 0.3 is 0 Å². The summed E-state index contributed by atoms with van der Waals surface area (Å²) in [6, 6.07) is 17.5. The first-order valence-electron chi connectivity index (χ1n) is 5.66. The van der Waals surface area contributed by atoms with Gasteiger partial charge in [0.25, 0.3) is 0 Å². The van der Waals surface area contributed by atoms with E-state index in [4.69, 9.17) is 17.3 Å². The van der Waals surface area contributed by atoms with E-state index in [-0.39, 0.29) is 0 Å². The molecule has 0 radical (unpaired) electrons. The molecule has 0 fully saturated rings. The van der Waals surface area contributed by atoms with E-state index >= 15 is 0 Å². The Bertz CT molecular complexity index is 708. The van der Waals surface area contributed by atoms with E-state index in [0.717, 1.165) is 22.2 Å². The SMILES string of the molecule is Nc1cc(-c2ccccc2)nc2c(Cl)cccc12. The molecule has 2 N–H and O–H groups in total. The zero-order valence-electron chi connectivity index (χ0n) is 9.60. The molecule has 18 heavy (non-hydrogen) atoms. The van der Waals surface area contributed by atoms with Crippen molar-refractivity contribution in [3.63, 3.8) is 0 Å². The van der Waals surface area contributed by atoms with Gasteiger partial charge in [-0.1, -0.05) is 54.1 Å². The van der Waals surface area contributed by atoms with Gasteiger partial charge in [-0.2, -0.15) is 0 Å². The van der Waals surface area contributed by atoms with Gasteiger partial charge in [0.1, 0.15) is 0 Å². The van der Waals surface area contributed by atoms with E-state index in [0.29, 0.717) is 10.7 Å². The van der Waals surface area contributed by atoms with Crippen LogP contribution < -0.4 is 5.73 Å². The highest BCUT2D eigenvalue weighted by Crippen LogP contribution is 2.30. The summed E-state index contributed by atoms with van der Waals surface area (Å²) in [7, 11) is 0. The Balaban J connectivity index is 2.31. The molecular weight excluding hydrogens is 244 g/mol. The van der Waals surface area contributed by atoms with Gasteiger partial charge in [0.05, 0.1) is 16.2 Å². The van der Waals surface area contributed by atoms with Gasteiger partial charge in [0.15, 0.2) is 0 Å². The lowest BCUT2D eigenvalue weighted by atomic mass is 10.1. The van der Waals surface area contributed by atoms with Gasteiger partial charge in [-0.25, -0.2) is 4.98 Å². The first kappa shape index (κ1) is 11.1. The van der Waals surface area contributed by atoms with Crippen LogP contribution in [0.25, 0.3) is 22.2 Å². The lowest BCUT2D eigenvalue weighted by Gasteiger charge is -2.07. The van der Waals surface area contributed by atoms with Crippen molar-refractivity contribution in [2.24, 2.45) is 0 Å². The van der Waals surface area contributed by atoms with Crippen LogP contribution in [0, 0.1) is 0 Å². The van der Waals surface area contributed by atoms with E-state index < -0.39 is 0 Å². The summed E-state index contributed by atoms with van der Waals surface area (Å²) in [4.78, 5) is 4.59. The monoisotopic (exact) mass is 254 g/mol. The lowest BCUT2D eigenvalue weighted by Crippen LogP contribution is -1.93. The van der Waals surface area contributed by atoms with Crippen molar-refractivity contribution in [1.29, 1.82) is 0 Å². The number of aromatic nitrogens is 1. The maximum atomic E-state index is 6.17. The maximum absolute atomic E-state index is 6.17. The van der Waals surface area contributed by atoms with Gasteiger partial charge in [-0.15, -0.1) is 0 Å². The van der Waals surface area contributed by atoms with E-state index in [2.05, 4.69) is 4.98 Å². The van der Waals surface area contributed by atoms with Crippen LogP contribution >= 0.6 is 11.6 Å². The molecule has 0 saturated heterocycles. The molecule has 3 rings (SSSR count). The lowest BCUT2D eigenvalue weighted by molar-refractivity contribution is 1.40. The fraction of sp³-hybridized carbons (Fsp3) is 0. The van der Waals surface area contributed by atoms with E-state index in [1.807, 2.05) is 54.6 Å². The standard InChI is InChI=1S/C15H11ClN2/c16-12-8-4-7-11-13(17)9-14(18-15(11)12)10-5-2-1-3-6-10/h1-9H,(H2,17,18). The zero-order valence-corrected chi connectivity index (χ0v) is 10.4. The first-order valence-corrected chi connectivity index (χ1v) is 6.03. The minimum Gasteiger partial charge on any atom is -0.398 e. The van der Waals surface area contributed by atoms with Gasteiger partial charge in [0, 0.05) is 16.6 Å². The molecule has 2 aromatic carbocycles. The highest BCUT2D eigenvalue weighted by atomic mass is 35.5. The number of nitrogens with zero attached hydrogens (tertiary/aromatic N) is 1. The largest absolute Gasteiger partial charge is 0.398 e. The molecule has 0 amide bonds. The van der Waals surface area contributed by atoms with Crippen molar-refractivity contribution in [3.05, 3.63) is 59.6 Å². The Hall–Kier alpha value is -2.06. The van der Waals surface area contributed by atoms with Crippen LogP contribution in [-0.4, -0.2) is 4.98 Å². The summed E-state index contributed by atoms with van der Waals surface area (Å²) in [5, 5.41) is 1.51. The van der Waals surface area contributed by atoms with Gasteiger partial charge in [-0.3, -0.25) is 0 Å². The fourth-order valence-electron chi connectivity index (χ4n) is 2.00. The van der Waals surface area contributed by atoms with Crippen molar-refractivity contribution in [2.75, 3.05) is 5.73 Å². The molecule has 0 aliphatic rings. The summed E-state index contributed by atoms with van der Waals surface area (Å²) in [5.74, 6) is 0. The van der Waals surface area contributed by atoms with Gasteiger partial charge < -0.3 is 5.73 Å². The molecule has 88 valence electrons. The molecular formula is C15H11ClN2. The molecule has 3 aromatic rings. The third kappa shape index (κ3) is 1.81. The van der Waals surface area contributed by atoms with Crippen molar-refractivity contribution >= 4 is 28.2 Å². The Morgan fingerprint density at radius 1 is 0.944 bits per heavy atom.